The molecule has 7 heteroatoms. The van der Waals surface area contributed by atoms with Crippen LogP contribution < -0.4 is 0 Å². The molecule has 1 fully saturated rings. The van der Waals surface area contributed by atoms with Crippen molar-refractivity contribution in [2.24, 2.45) is 0 Å². The summed E-state index contributed by atoms with van der Waals surface area (Å²) in [5.74, 6) is 0.508. The molecule has 7 nitrogen and oxygen atoms in total. The molecular weight excluding hydrogens is 210 g/mol. The Kier molecular flexibility index (Phi) is 2.76. The predicted octanol–water partition coefficient (Wildman–Crippen LogP) is 1.07. The van der Waals surface area contributed by atoms with E-state index >= 15 is 0 Å². The highest BCUT2D eigenvalue weighted by Gasteiger charge is 2.33. The minimum atomic E-state index is -0.914. The number of hydrogen-bond donors (Lipinski definition) is 1. The Morgan fingerprint density at radius 2 is 2.31 bits per heavy atom. The fraction of sp³-hybridized carbons (Fsp3) is 0.778. The molecular formula is C9H15N5O2. The maximum absolute atomic E-state index is 11.0. The highest BCUT2D eigenvalue weighted by Crippen LogP contribution is 2.29. The molecule has 0 spiro atoms. The summed E-state index contributed by atoms with van der Waals surface area (Å²) in [6.45, 7) is 4.46. The number of hydrogen-bond acceptors (Lipinski definition) is 4. The minimum absolute atomic E-state index is 0.140. The Balaban J connectivity index is 2.19. The van der Waals surface area contributed by atoms with Crippen LogP contribution in [0.25, 0.3) is 0 Å². The van der Waals surface area contributed by atoms with Crippen molar-refractivity contribution >= 4 is 6.09 Å². The number of carbonyl (C=O) groups is 1. The lowest BCUT2D eigenvalue weighted by Crippen LogP contribution is -2.29. The van der Waals surface area contributed by atoms with Crippen LogP contribution in [0, 0.1) is 0 Å². The molecule has 1 aliphatic rings. The lowest BCUT2D eigenvalue weighted by Gasteiger charge is -2.17. The molecule has 1 N–H and O–H groups in total. The van der Waals surface area contributed by atoms with Crippen LogP contribution >= 0.6 is 0 Å². The molecule has 2 heterocycles. The third-order valence-electron chi connectivity index (χ3n) is 2.70. The zero-order chi connectivity index (χ0) is 11.7. The molecule has 1 atom stereocenters. The van der Waals surface area contributed by atoms with E-state index in [0.717, 1.165) is 12.8 Å². The predicted molar refractivity (Wildman–Crippen MR) is 54.9 cm³/mol. The molecule has 1 saturated heterocycles. The van der Waals surface area contributed by atoms with Gasteiger partial charge in [-0.2, -0.15) is 4.80 Å². The average molecular weight is 225 g/mol. The number of aromatic nitrogens is 4. The second-order valence-corrected chi connectivity index (χ2v) is 4.20. The van der Waals surface area contributed by atoms with E-state index < -0.39 is 6.09 Å². The highest BCUT2D eigenvalue weighted by atomic mass is 16.4. The normalized spacial score (nSPS) is 20.7. The fourth-order valence-electron chi connectivity index (χ4n) is 1.85. The van der Waals surface area contributed by atoms with Gasteiger partial charge >= 0.3 is 6.09 Å². The molecule has 0 saturated carbocycles. The molecule has 0 unspecified atom stereocenters. The molecule has 0 aliphatic carbocycles. The first-order chi connectivity index (χ1) is 7.59. The van der Waals surface area contributed by atoms with Gasteiger partial charge in [0.2, 0.25) is 0 Å². The Hall–Kier alpha value is -1.66. The maximum Gasteiger partial charge on any atom is 0.407 e. The summed E-state index contributed by atoms with van der Waals surface area (Å²) in [6.07, 6.45) is 0.715. The van der Waals surface area contributed by atoms with Gasteiger partial charge in [0.25, 0.3) is 0 Å². The first-order valence-corrected chi connectivity index (χ1v) is 5.38. The number of nitrogens with zero attached hydrogens (tertiary/aromatic N) is 5. The Morgan fingerprint density at radius 3 is 2.88 bits per heavy atom. The van der Waals surface area contributed by atoms with E-state index in [4.69, 9.17) is 5.11 Å². The van der Waals surface area contributed by atoms with E-state index in [2.05, 4.69) is 15.4 Å². The van der Waals surface area contributed by atoms with Crippen LogP contribution in [0.15, 0.2) is 0 Å². The molecule has 88 valence electrons. The van der Waals surface area contributed by atoms with Crippen LogP contribution in [0.4, 0.5) is 4.79 Å². The SMILES string of the molecule is CC(C)n1nnc([C@H]2CCCN2C(=O)O)n1. The van der Waals surface area contributed by atoms with Gasteiger partial charge in [0.05, 0.1) is 12.1 Å². The van der Waals surface area contributed by atoms with Gasteiger partial charge in [-0.3, -0.25) is 4.90 Å². The standard InChI is InChI=1S/C9H15N5O2/c1-6(2)14-11-8(10-12-14)7-4-3-5-13(7)9(15)16/h6-7H,3-5H2,1-2H3,(H,15,16)/t7-/m1/s1. The molecule has 1 aromatic rings. The minimum Gasteiger partial charge on any atom is -0.465 e. The summed E-state index contributed by atoms with van der Waals surface area (Å²) in [6, 6.07) is -0.0917. The summed E-state index contributed by atoms with van der Waals surface area (Å²) in [4.78, 5) is 13.9. The third kappa shape index (κ3) is 1.84. The zero-order valence-electron chi connectivity index (χ0n) is 9.37. The summed E-state index contributed by atoms with van der Waals surface area (Å²) < 4.78 is 0. The number of tetrazole rings is 1. The molecule has 16 heavy (non-hydrogen) atoms. The van der Waals surface area contributed by atoms with Crippen molar-refractivity contribution in [1.29, 1.82) is 0 Å². The van der Waals surface area contributed by atoms with Gasteiger partial charge in [-0.15, -0.1) is 10.2 Å². The lowest BCUT2D eigenvalue weighted by atomic mass is 10.2. The highest BCUT2D eigenvalue weighted by molar-refractivity contribution is 5.65. The molecule has 1 amide bonds. The maximum atomic E-state index is 11.0. The van der Waals surface area contributed by atoms with Gasteiger partial charge in [0, 0.05) is 6.54 Å². The Morgan fingerprint density at radius 1 is 1.56 bits per heavy atom. The number of carboxylic acid groups (broad SMARTS) is 1. The van der Waals surface area contributed by atoms with E-state index in [0.29, 0.717) is 12.4 Å². The fourth-order valence-corrected chi connectivity index (χ4v) is 1.85. The van der Waals surface area contributed by atoms with Crippen molar-refractivity contribution in [3.05, 3.63) is 5.82 Å². The Bertz CT molecular complexity index is 389. The quantitative estimate of drug-likeness (QED) is 0.813. The number of likely N-dealkylation sites (tertiary alicyclic amines) is 1. The second kappa shape index (κ2) is 4.07. The van der Waals surface area contributed by atoms with Gasteiger partial charge in [-0.05, 0) is 31.9 Å². The topological polar surface area (TPSA) is 84.1 Å². The van der Waals surface area contributed by atoms with Crippen LogP contribution in [-0.2, 0) is 0 Å². The second-order valence-electron chi connectivity index (χ2n) is 4.20. The van der Waals surface area contributed by atoms with E-state index in [1.165, 1.54) is 9.70 Å². The van der Waals surface area contributed by atoms with E-state index in [-0.39, 0.29) is 12.1 Å². The first kappa shape index (κ1) is 10.8. The van der Waals surface area contributed by atoms with Gasteiger partial charge in [0.1, 0.15) is 0 Å². The van der Waals surface area contributed by atoms with Crippen molar-refractivity contribution in [2.75, 3.05) is 6.54 Å². The summed E-state index contributed by atoms with van der Waals surface area (Å²) in [5.41, 5.74) is 0. The van der Waals surface area contributed by atoms with E-state index in [9.17, 15) is 4.79 Å². The molecule has 2 rings (SSSR count). The summed E-state index contributed by atoms with van der Waals surface area (Å²) in [7, 11) is 0. The van der Waals surface area contributed by atoms with Gasteiger partial charge < -0.3 is 5.11 Å². The zero-order valence-corrected chi connectivity index (χ0v) is 9.37. The van der Waals surface area contributed by atoms with Gasteiger partial charge in [-0.1, -0.05) is 0 Å². The van der Waals surface area contributed by atoms with Crippen molar-refractivity contribution in [1.82, 2.24) is 25.1 Å². The average Bonchev–Trinajstić information content (AvgIpc) is 2.86. The molecule has 0 aromatic carbocycles. The van der Waals surface area contributed by atoms with Crippen molar-refractivity contribution in [3.63, 3.8) is 0 Å². The van der Waals surface area contributed by atoms with Crippen LogP contribution in [-0.4, -0.2) is 42.9 Å². The van der Waals surface area contributed by atoms with Crippen LogP contribution in [0.3, 0.4) is 0 Å². The van der Waals surface area contributed by atoms with Crippen LogP contribution in [0.2, 0.25) is 0 Å². The molecule has 0 radical (unpaired) electrons. The van der Waals surface area contributed by atoms with Gasteiger partial charge in [-0.25, -0.2) is 4.79 Å². The number of amides is 1. The van der Waals surface area contributed by atoms with Crippen LogP contribution in [0.1, 0.15) is 44.6 Å². The van der Waals surface area contributed by atoms with Crippen LogP contribution in [0.5, 0.6) is 0 Å². The third-order valence-corrected chi connectivity index (χ3v) is 2.70. The van der Waals surface area contributed by atoms with Crippen molar-refractivity contribution < 1.29 is 9.90 Å². The summed E-state index contributed by atoms with van der Waals surface area (Å²) in [5, 5.41) is 21.1. The van der Waals surface area contributed by atoms with Gasteiger partial charge in [0.15, 0.2) is 5.82 Å². The monoisotopic (exact) mass is 225 g/mol. The summed E-state index contributed by atoms with van der Waals surface area (Å²) >= 11 is 0. The smallest absolute Gasteiger partial charge is 0.407 e. The molecule has 1 aliphatic heterocycles. The lowest BCUT2D eigenvalue weighted by molar-refractivity contribution is 0.138. The largest absolute Gasteiger partial charge is 0.465 e. The number of rotatable bonds is 2. The van der Waals surface area contributed by atoms with Crippen molar-refractivity contribution in [3.8, 4) is 0 Å². The van der Waals surface area contributed by atoms with E-state index in [1.54, 1.807) is 0 Å². The Labute approximate surface area is 93.0 Å². The van der Waals surface area contributed by atoms with E-state index in [1.807, 2.05) is 13.8 Å². The van der Waals surface area contributed by atoms with Crippen molar-refractivity contribution in [2.45, 2.75) is 38.8 Å². The molecule has 1 aromatic heterocycles. The first-order valence-electron chi connectivity index (χ1n) is 5.38. The molecule has 0 bridgehead atoms.